The first kappa shape index (κ1) is 11.4. The van der Waals surface area contributed by atoms with Gasteiger partial charge >= 0.3 is 0 Å². The third-order valence-electron chi connectivity index (χ3n) is 2.80. The molecule has 1 aliphatic rings. The molecule has 3 N–H and O–H groups in total. The summed E-state index contributed by atoms with van der Waals surface area (Å²) in [6, 6.07) is 0. The van der Waals surface area contributed by atoms with Crippen LogP contribution in [-0.4, -0.2) is 10.8 Å². The highest BCUT2D eigenvalue weighted by molar-refractivity contribution is 7.80. The third kappa shape index (κ3) is 3.25. The number of hydrogen-bond donors (Lipinski definition) is 2. The predicted molar refractivity (Wildman–Crippen MR) is 64.2 cm³/mol. The molecule has 0 aromatic heterocycles. The van der Waals surface area contributed by atoms with Gasteiger partial charge in [-0.3, -0.25) is 5.43 Å². The highest BCUT2D eigenvalue weighted by Gasteiger charge is 2.29. The van der Waals surface area contributed by atoms with Crippen LogP contribution < -0.4 is 11.2 Å². The molecule has 80 valence electrons. The summed E-state index contributed by atoms with van der Waals surface area (Å²) in [6.07, 6.45) is 3.42. The van der Waals surface area contributed by atoms with Crippen molar-refractivity contribution in [1.82, 2.24) is 5.43 Å². The molecular weight excluding hydrogens is 194 g/mol. The Hall–Kier alpha value is -0.640. The van der Waals surface area contributed by atoms with Gasteiger partial charge in [0, 0.05) is 5.71 Å². The van der Waals surface area contributed by atoms with Gasteiger partial charge < -0.3 is 5.73 Å². The van der Waals surface area contributed by atoms with Gasteiger partial charge in [0.15, 0.2) is 5.11 Å². The molecule has 1 aliphatic carbocycles. The van der Waals surface area contributed by atoms with Gasteiger partial charge in [-0.2, -0.15) is 5.10 Å². The molecule has 3 nitrogen and oxygen atoms in total. The number of hydrazone groups is 1. The molecule has 0 aromatic rings. The number of nitrogens with zero attached hydrogens (tertiary/aromatic N) is 1. The first-order valence-electron chi connectivity index (χ1n) is 5.02. The summed E-state index contributed by atoms with van der Waals surface area (Å²) in [5.41, 5.74) is 9.63. The van der Waals surface area contributed by atoms with E-state index in [1.54, 1.807) is 0 Å². The van der Waals surface area contributed by atoms with E-state index in [-0.39, 0.29) is 5.11 Å². The van der Waals surface area contributed by atoms with E-state index in [0.717, 1.165) is 6.42 Å². The Kier molecular flexibility index (Phi) is 3.48. The lowest BCUT2D eigenvalue weighted by atomic mass is 9.72. The molecule has 0 aromatic carbocycles. The summed E-state index contributed by atoms with van der Waals surface area (Å²) < 4.78 is 0. The minimum absolute atomic E-state index is 0.245. The Labute approximate surface area is 91.1 Å². The molecule has 0 heterocycles. The van der Waals surface area contributed by atoms with Gasteiger partial charge in [-0.25, -0.2) is 0 Å². The number of thiocarbonyl (C=S) groups is 1. The summed E-state index contributed by atoms with van der Waals surface area (Å²) in [4.78, 5) is 0. The van der Waals surface area contributed by atoms with Gasteiger partial charge in [0.05, 0.1) is 0 Å². The summed E-state index contributed by atoms with van der Waals surface area (Å²) in [5, 5.41) is 4.47. The van der Waals surface area contributed by atoms with Gasteiger partial charge in [0.1, 0.15) is 0 Å². The monoisotopic (exact) mass is 213 g/mol. The minimum atomic E-state index is 0.245. The van der Waals surface area contributed by atoms with Crippen molar-refractivity contribution in [3.05, 3.63) is 0 Å². The van der Waals surface area contributed by atoms with E-state index < -0.39 is 0 Å². The van der Waals surface area contributed by atoms with E-state index in [1.807, 2.05) is 0 Å². The van der Waals surface area contributed by atoms with Crippen molar-refractivity contribution in [1.29, 1.82) is 0 Å². The fourth-order valence-electron chi connectivity index (χ4n) is 2.05. The van der Waals surface area contributed by atoms with Crippen LogP contribution in [0.3, 0.4) is 0 Å². The Bertz CT molecular complexity index is 258. The second-order valence-corrected chi connectivity index (χ2v) is 5.29. The Balaban J connectivity index is 2.58. The highest BCUT2D eigenvalue weighted by Crippen LogP contribution is 2.36. The van der Waals surface area contributed by atoms with E-state index in [1.165, 1.54) is 18.6 Å². The predicted octanol–water partition coefficient (Wildman–Crippen LogP) is 2.02. The topological polar surface area (TPSA) is 50.4 Å². The molecule has 0 bridgehead atoms. The third-order valence-corrected chi connectivity index (χ3v) is 2.89. The van der Waals surface area contributed by atoms with Gasteiger partial charge in [0.2, 0.25) is 0 Å². The normalized spacial score (nSPS) is 28.8. The second kappa shape index (κ2) is 4.26. The summed E-state index contributed by atoms with van der Waals surface area (Å²) in [6.45, 7) is 6.82. The van der Waals surface area contributed by atoms with Crippen LogP contribution in [0.2, 0.25) is 0 Å². The first-order valence-corrected chi connectivity index (χ1v) is 5.43. The molecule has 1 atom stereocenters. The summed E-state index contributed by atoms with van der Waals surface area (Å²) in [7, 11) is 0. The van der Waals surface area contributed by atoms with Crippen LogP contribution in [0, 0.1) is 11.3 Å². The smallest absolute Gasteiger partial charge is 0.184 e. The summed E-state index contributed by atoms with van der Waals surface area (Å²) >= 11 is 4.71. The van der Waals surface area contributed by atoms with Gasteiger partial charge in [-0.15, -0.1) is 0 Å². The zero-order valence-corrected chi connectivity index (χ0v) is 9.95. The van der Waals surface area contributed by atoms with E-state index in [2.05, 4.69) is 31.3 Å². The first-order chi connectivity index (χ1) is 6.41. The molecule has 1 saturated carbocycles. The number of nitrogens with one attached hydrogen (secondary N) is 1. The van der Waals surface area contributed by atoms with Gasteiger partial charge in [-0.1, -0.05) is 20.8 Å². The zero-order chi connectivity index (χ0) is 10.8. The molecule has 0 aliphatic heterocycles. The lowest BCUT2D eigenvalue weighted by Gasteiger charge is -2.34. The lowest BCUT2D eigenvalue weighted by Crippen LogP contribution is -2.32. The van der Waals surface area contributed by atoms with E-state index >= 15 is 0 Å². The van der Waals surface area contributed by atoms with Gasteiger partial charge in [0.25, 0.3) is 0 Å². The Morgan fingerprint density at radius 2 is 2.29 bits per heavy atom. The average Bonchev–Trinajstić information content (AvgIpc) is 2.00. The largest absolute Gasteiger partial charge is 0.375 e. The van der Waals surface area contributed by atoms with Gasteiger partial charge in [-0.05, 0) is 42.8 Å². The molecule has 1 rings (SSSR count). The van der Waals surface area contributed by atoms with Crippen LogP contribution in [0.1, 0.15) is 40.0 Å². The summed E-state index contributed by atoms with van der Waals surface area (Å²) in [5.74, 6) is 0.528. The molecule has 0 saturated heterocycles. The van der Waals surface area contributed by atoms with Crippen molar-refractivity contribution < 1.29 is 0 Å². The molecule has 0 spiro atoms. The van der Waals surface area contributed by atoms with E-state index in [4.69, 9.17) is 18.0 Å². The molecule has 1 fully saturated rings. The number of nitrogens with two attached hydrogens (primary N) is 1. The van der Waals surface area contributed by atoms with E-state index in [0.29, 0.717) is 11.3 Å². The van der Waals surface area contributed by atoms with Crippen molar-refractivity contribution in [3.63, 3.8) is 0 Å². The molecular formula is C10H19N3S. The Morgan fingerprint density at radius 1 is 1.64 bits per heavy atom. The molecule has 1 unspecified atom stereocenters. The zero-order valence-electron chi connectivity index (χ0n) is 9.13. The maximum absolute atomic E-state index is 5.32. The standard InChI is InChI=1S/C10H19N3S/c1-7-6-10(2,3)5-4-8(7)12-13-9(11)14/h7H,4-6H2,1-3H3,(H3,11,13,14)/b12-8+. The Morgan fingerprint density at radius 3 is 2.79 bits per heavy atom. The molecule has 0 amide bonds. The van der Waals surface area contributed by atoms with Crippen molar-refractivity contribution in [2.24, 2.45) is 22.2 Å². The SMILES string of the molecule is CC1CC(C)(C)CC/C1=N\NC(N)=S. The molecule has 0 radical (unpaired) electrons. The lowest BCUT2D eigenvalue weighted by molar-refractivity contribution is 0.265. The number of hydrogen-bond acceptors (Lipinski definition) is 2. The van der Waals surface area contributed by atoms with Crippen molar-refractivity contribution in [2.45, 2.75) is 40.0 Å². The van der Waals surface area contributed by atoms with Crippen LogP contribution in [0.4, 0.5) is 0 Å². The highest BCUT2D eigenvalue weighted by atomic mass is 32.1. The fraction of sp³-hybridized carbons (Fsp3) is 0.800. The van der Waals surface area contributed by atoms with E-state index in [9.17, 15) is 0 Å². The second-order valence-electron chi connectivity index (χ2n) is 4.85. The van der Waals surface area contributed by atoms with Crippen molar-refractivity contribution in [2.75, 3.05) is 0 Å². The average molecular weight is 213 g/mol. The van der Waals surface area contributed by atoms with Crippen molar-refractivity contribution in [3.8, 4) is 0 Å². The van der Waals surface area contributed by atoms with Crippen LogP contribution in [-0.2, 0) is 0 Å². The van der Waals surface area contributed by atoms with Crippen LogP contribution in [0.25, 0.3) is 0 Å². The maximum atomic E-state index is 5.32. The molecule has 4 heteroatoms. The van der Waals surface area contributed by atoms with Crippen LogP contribution >= 0.6 is 12.2 Å². The molecule has 14 heavy (non-hydrogen) atoms. The fourth-order valence-corrected chi connectivity index (χ4v) is 2.10. The van der Waals surface area contributed by atoms with Crippen LogP contribution in [0.15, 0.2) is 5.10 Å². The van der Waals surface area contributed by atoms with Crippen LogP contribution in [0.5, 0.6) is 0 Å². The maximum Gasteiger partial charge on any atom is 0.184 e. The minimum Gasteiger partial charge on any atom is -0.375 e. The quantitative estimate of drug-likeness (QED) is 0.517. The number of rotatable bonds is 1. The van der Waals surface area contributed by atoms with Crippen molar-refractivity contribution >= 4 is 23.0 Å².